The molecular weight excluding hydrogens is 372 g/mol. The van der Waals surface area contributed by atoms with E-state index in [0.29, 0.717) is 17.8 Å². The summed E-state index contributed by atoms with van der Waals surface area (Å²) in [7, 11) is -2.27. The van der Waals surface area contributed by atoms with Gasteiger partial charge in [0.15, 0.2) is 0 Å². The lowest BCUT2D eigenvalue weighted by atomic mass is 10.1. The van der Waals surface area contributed by atoms with Crippen LogP contribution in [0.15, 0.2) is 83.8 Å². The van der Waals surface area contributed by atoms with Gasteiger partial charge in [-0.25, -0.2) is 8.42 Å². The Morgan fingerprint density at radius 2 is 1.61 bits per heavy atom. The molecule has 0 fully saturated rings. The van der Waals surface area contributed by atoms with Gasteiger partial charge in [-0.3, -0.25) is 9.10 Å². The zero-order chi connectivity index (χ0) is 20.1. The van der Waals surface area contributed by atoms with Crippen molar-refractivity contribution in [2.75, 3.05) is 11.4 Å². The highest BCUT2D eigenvalue weighted by Crippen LogP contribution is 2.22. The molecule has 1 amide bonds. The third kappa shape index (κ3) is 4.23. The second-order valence-electron chi connectivity index (χ2n) is 6.45. The molecule has 0 spiro atoms. The predicted octanol–water partition coefficient (Wildman–Crippen LogP) is 3.75. The molecule has 144 valence electrons. The molecule has 0 aromatic heterocycles. The number of hydrogen-bond donors (Lipinski definition) is 1. The van der Waals surface area contributed by atoms with Crippen LogP contribution in [0.4, 0.5) is 5.69 Å². The van der Waals surface area contributed by atoms with Crippen molar-refractivity contribution in [2.45, 2.75) is 18.4 Å². The average Bonchev–Trinajstić information content (AvgIpc) is 2.73. The van der Waals surface area contributed by atoms with Crippen LogP contribution in [0.1, 0.15) is 21.5 Å². The highest BCUT2D eigenvalue weighted by atomic mass is 32.2. The van der Waals surface area contributed by atoms with E-state index in [0.717, 1.165) is 11.1 Å². The first-order valence-electron chi connectivity index (χ1n) is 8.86. The van der Waals surface area contributed by atoms with Crippen LogP contribution in [-0.2, 0) is 16.6 Å². The number of rotatable bonds is 6. The third-order valence-electron chi connectivity index (χ3n) is 4.58. The Balaban J connectivity index is 1.79. The van der Waals surface area contributed by atoms with E-state index < -0.39 is 10.0 Å². The molecule has 0 aliphatic heterocycles. The molecule has 0 aliphatic carbocycles. The lowest BCUT2D eigenvalue weighted by Crippen LogP contribution is -2.27. The van der Waals surface area contributed by atoms with Gasteiger partial charge in [0.2, 0.25) is 0 Å². The Morgan fingerprint density at radius 3 is 2.32 bits per heavy atom. The lowest BCUT2D eigenvalue weighted by molar-refractivity contribution is 0.0950. The van der Waals surface area contributed by atoms with E-state index in [9.17, 15) is 13.2 Å². The Bertz CT molecular complexity index is 1080. The van der Waals surface area contributed by atoms with Gasteiger partial charge in [0.05, 0.1) is 10.6 Å². The molecule has 0 saturated heterocycles. The number of nitrogens with one attached hydrogen (secondary N) is 1. The molecule has 0 saturated carbocycles. The zero-order valence-electron chi connectivity index (χ0n) is 15.8. The van der Waals surface area contributed by atoms with Gasteiger partial charge in [-0.15, -0.1) is 0 Å². The van der Waals surface area contributed by atoms with E-state index in [4.69, 9.17) is 0 Å². The van der Waals surface area contributed by atoms with Crippen molar-refractivity contribution in [2.24, 2.45) is 0 Å². The molecule has 1 N–H and O–H groups in total. The topological polar surface area (TPSA) is 66.5 Å². The van der Waals surface area contributed by atoms with Crippen molar-refractivity contribution in [1.29, 1.82) is 0 Å². The molecule has 0 aliphatic rings. The van der Waals surface area contributed by atoms with Crippen LogP contribution >= 0.6 is 0 Å². The molecule has 3 aromatic carbocycles. The van der Waals surface area contributed by atoms with Crippen LogP contribution < -0.4 is 9.62 Å². The number of carbonyl (C=O) groups is 1. The number of carbonyl (C=O) groups excluding carboxylic acids is 1. The molecule has 0 radical (unpaired) electrons. The number of benzene rings is 3. The summed E-state index contributed by atoms with van der Waals surface area (Å²) in [5, 5.41) is 2.85. The van der Waals surface area contributed by atoms with Crippen LogP contribution in [0.5, 0.6) is 0 Å². The Morgan fingerprint density at radius 1 is 0.929 bits per heavy atom. The lowest BCUT2D eigenvalue weighted by Gasteiger charge is -2.19. The number of anilines is 1. The van der Waals surface area contributed by atoms with Crippen molar-refractivity contribution < 1.29 is 13.2 Å². The van der Waals surface area contributed by atoms with Crippen molar-refractivity contribution in [3.63, 3.8) is 0 Å². The van der Waals surface area contributed by atoms with E-state index in [1.165, 1.54) is 23.5 Å². The maximum atomic E-state index is 12.9. The molecule has 0 atom stereocenters. The molecule has 3 rings (SSSR count). The van der Waals surface area contributed by atoms with Crippen molar-refractivity contribution in [3.05, 3.63) is 95.6 Å². The van der Waals surface area contributed by atoms with Crippen LogP contribution in [0.25, 0.3) is 0 Å². The molecule has 0 heterocycles. The number of nitrogens with zero attached hydrogens (tertiary/aromatic N) is 1. The van der Waals surface area contributed by atoms with Crippen LogP contribution in [0, 0.1) is 6.92 Å². The van der Waals surface area contributed by atoms with E-state index in [1.807, 2.05) is 37.3 Å². The molecule has 5 nitrogen and oxygen atoms in total. The van der Waals surface area contributed by atoms with Gasteiger partial charge in [0.25, 0.3) is 15.9 Å². The summed E-state index contributed by atoms with van der Waals surface area (Å²) in [6, 6.07) is 22.7. The maximum Gasteiger partial charge on any atom is 0.264 e. The summed E-state index contributed by atoms with van der Waals surface area (Å²) in [4.78, 5) is 12.6. The second-order valence-corrected chi connectivity index (χ2v) is 8.41. The number of aryl methyl sites for hydroxylation is 1. The van der Waals surface area contributed by atoms with Crippen LogP contribution in [-0.4, -0.2) is 21.4 Å². The minimum atomic E-state index is -3.77. The van der Waals surface area contributed by atoms with Gasteiger partial charge < -0.3 is 5.32 Å². The molecule has 0 bridgehead atoms. The van der Waals surface area contributed by atoms with Crippen molar-refractivity contribution in [3.8, 4) is 0 Å². The fourth-order valence-electron chi connectivity index (χ4n) is 2.82. The van der Waals surface area contributed by atoms with Crippen molar-refractivity contribution in [1.82, 2.24) is 5.32 Å². The highest BCUT2D eigenvalue weighted by molar-refractivity contribution is 7.92. The summed E-state index contributed by atoms with van der Waals surface area (Å²) in [6.45, 7) is 2.36. The number of para-hydroxylation sites is 1. The summed E-state index contributed by atoms with van der Waals surface area (Å²) >= 11 is 0. The Kier molecular flexibility index (Phi) is 5.80. The number of amides is 1. The monoisotopic (exact) mass is 394 g/mol. The quantitative estimate of drug-likeness (QED) is 0.692. The summed E-state index contributed by atoms with van der Waals surface area (Å²) in [5.74, 6) is -0.317. The summed E-state index contributed by atoms with van der Waals surface area (Å²) < 4.78 is 27.1. The SMILES string of the molecule is Cc1ccccc1CNC(=O)c1cccc(S(=O)(=O)N(C)c2ccccc2)c1. The van der Waals surface area contributed by atoms with Gasteiger partial charge >= 0.3 is 0 Å². The fraction of sp³-hybridized carbons (Fsp3) is 0.136. The second kappa shape index (κ2) is 8.27. The van der Waals surface area contributed by atoms with E-state index in [2.05, 4.69) is 5.32 Å². The van der Waals surface area contributed by atoms with E-state index in [-0.39, 0.29) is 10.8 Å². The zero-order valence-corrected chi connectivity index (χ0v) is 16.6. The molecular formula is C22H22N2O3S. The van der Waals surface area contributed by atoms with Crippen LogP contribution in [0.3, 0.4) is 0 Å². The molecule has 6 heteroatoms. The maximum absolute atomic E-state index is 12.9. The van der Waals surface area contributed by atoms with Gasteiger partial charge in [0, 0.05) is 19.2 Å². The average molecular weight is 394 g/mol. The highest BCUT2D eigenvalue weighted by Gasteiger charge is 2.22. The predicted molar refractivity (Wildman–Crippen MR) is 111 cm³/mol. The first-order chi connectivity index (χ1) is 13.4. The van der Waals surface area contributed by atoms with Gasteiger partial charge in [-0.2, -0.15) is 0 Å². The largest absolute Gasteiger partial charge is 0.348 e. The normalized spacial score (nSPS) is 11.1. The summed E-state index contributed by atoms with van der Waals surface area (Å²) in [5.41, 5.74) is 2.96. The smallest absolute Gasteiger partial charge is 0.264 e. The minimum Gasteiger partial charge on any atom is -0.348 e. The number of hydrogen-bond acceptors (Lipinski definition) is 3. The standard InChI is InChI=1S/C22H22N2O3S/c1-17-9-6-7-10-19(17)16-23-22(25)18-11-8-14-21(15-18)28(26,27)24(2)20-12-4-3-5-13-20/h3-15H,16H2,1-2H3,(H,23,25). The van der Waals surface area contributed by atoms with Crippen LogP contribution in [0.2, 0.25) is 0 Å². The van der Waals surface area contributed by atoms with Crippen molar-refractivity contribution >= 4 is 21.6 Å². The summed E-state index contributed by atoms with van der Waals surface area (Å²) in [6.07, 6.45) is 0. The first kappa shape index (κ1) is 19.6. The minimum absolute atomic E-state index is 0.0717. The van der Waals surface area contributed by atoms with Gasteiger partial charge in [-0.05, 0) is 48.4 Å². The van der Waals surface area contributed by atoms with E-state index in [1.54, 1.807) is 36.4 Å². The fourth-order valence-corrected chi connectivity index (χ4v) is 4.06. The molecule has 0 unspecified atom stereocenters. The Labute approximate surface area is 165 Å². The molecule has 3 aromatic rings. The van der Waals surface area contributed by atoms with E-state index >= 15 is 0 Å². The van der Waals surface area contributed by atoms with Gasteiger partial charge in [-0.1, -0.05) is 48.5 Å². The Hall–Kier alpha value is -3.12. The molecule has 28 heavy (non-hydrogen) atoms. The van der Waals surface area contributed by atoms with Gasteiger partial charge in [0.1, 0.15) is 0 Å². The third-order valence-corrected chi connectivity index (χ3v) is 6.36. The first-order valence-corrected chi connectivity index (χ1v) is 10.3. The number of sulfonamides is 1.